The summed E-state index contributed by atoms with van der Waals surface area (Å²) in [4.78, 5) is 25.1. The van der Waals surface area contributed by atoms with Gasteiger partial charge in [-0.15, -0.1) is 0 Å². The van der Waals surface area contributed by atoms with Crippen molar-refractivity contribution in [2.45, 2.75) is 38.4 Å². The van der Waals surface area contributed by atoms with Gasteiger partial charge in [-0.1, -0.05) is 35.9 Å². The lowest BCUT2D eigenvalue weighted by Gasteiger charge is -2.21. The van der Waals surface area contributed by atoms with E-state index in [0.29, 0.717) is 17.5 Å². The molecule has 0 amide bonds. The summed E-state index contributed by atoms with van der Waals surface area (Å²) in [7, 11) is 0. The van der Waals surface area contributed by atoms with Gasteiger partial charge < -0.3 is 4.74 Å². The van der Waals surface area contributed by atoms with E-state index < -0.39 is 11.2 Å². The highest BCUT2D eigenvalue weighted by molar-refractivity contribution is 6.25. The molecule has 1 aromatic carbocycles. The Morgan fingerprint density at radius 2 is 1.74 bits per heavy atom. The number of Topliss-reactive ketones (excluding diaryl/α,β-unsaturated/α-hetero) is 2. The van der Waals surface area contributed by atoms with Crippen molar-refractivity contribution in [3.8, 4) is 0 Å². The highest BCUT2D eigenvalue weighted by Gasteiger charge is 2.77. The Labute approximate surface area is 112 Å². The van der Waals surface area contributed by atoms with Gasteiger partial charge in [0.15, 0.2) is 22.8 Å². The topological polar surface area (TPSA) is 46.7 Å². The van der Waals surface area contributed by atoms with E-state index in [4.69, 9.17) is 4.74 Å². The molecule has 3 nitrogen and oxygen atoms in total. The smallest absolute Gasteiger partial charge is 0.199 e. The maximum absolute atomic E-state index is 12.6. The minimum absolute atomic E-state index is 0.0669. The van der Waals surface area contributed by atoms with E-state index in [1.807, 2.05) is 19.9 Å². The average molecular weight is 256 g/mol. The second-order valence-corrected chi connectivity index (χ2v) is 5.65. The van der Waals surface area contributed by atoms with Gasteiger partial charge in [-0.05, 0) is 20.8 Å². The molecule has 19 heavy (non-hydrogen) atoms. The third-order valence-electron chi connectivity index (χ3n) is 4.12. The largest absolute Gasteiger partial charge is 0.345 e. The lowest BCUT2D eigenvalue weighted by molar-refractivity contribution is 0.0847. The second kappa shape index (κ2) is 3.64. The van der Waals surface area contributed by atoms with Crippen LogP contribution in [0.2, 0.25) is 0 Å². The second-order valence-electron chi connectivity index (χ2n) is 5.65. The van der Waals surface area contributed by atoms with Gasteiger partial charge in [0.1, 0.15) is 0 Å². The Morgan fingerprint density at radius 1 is 1.16 bits per heavy atom. The number of allylic oxidation sites excluding steroid dienone is 1. The molecule has 1 heterocycles. The van der Waals surface area contributed by atoms with Crippen LogP contribution in [0.15, 0.2) is 35.9 Å². The summed E-state index contributed by atoms with van der Waals surface area (Å²) in [5.41, 5.74) is 0.136. The molecule has 2 aliphatic rings. The molecule has 2 unspecified atom stereocenters. The maximum Gasteiger partial charge on any atom is 0.199 e. The van der Waals surface area contributed by atoms with Crippen LogP contribution in [0.3, 0.4) is 0 Å². The number of fused-ring (bicyclic) bond motifs is 2. The zero-order valence-electron chi connectivity index (χ0n) is 11.3. The third-order valence-corrected chi connectivity index (χ3v) is 4.12. The number of ketones is 2. The van der Waals surface area contributed by atoms with Gasteiger partial charge >= 0.3 is 0 Å². The Balaban J connectivity index is 2.11. The molecule has 1 aliphatic heterocycles. The van der Waals surface area contributed by atoms with E-state index in [2.05, 4.69) is 0 Å². The average Bonchev–Trinajstić information content (AvgIpc) is 3.03. The lowest BCUT2D eigenvalue weighted by atomic mass is 9.73. The van der Waals surface area contributed by atoms with Crippen LogP contribution in [0, 0.1) is 0 Å². The first-order valence-electron chi connectivity index (χ1n) is 6.44. The summed E-state index contributed by atoms with van der Waals surface area (Å²) in [6, 6.07) is 6.97. The molecule has 0 saturated carbocycles. The SMILES string of the molecule is CC(C)=CCC12OC1(C)C(=O)c1ccccc1C2=O. The standard InChI is InChI=1S/C16H16O3/c1-10(2)8-9-16-14(18)12-7-5-4-6-11(12)13(17)15(16,3)19-16/h4-8H,9H2,1-3H3. The minimum Gasteiger partial charge on any atom is -0.345 e. The summed E-state index contributed by atoms with van der Waals surface area (Å²) < 4.78 is 5.67. The molecular formula is C16H16O3. The first-order valence-corrected chi connectivity index (χ1v) is 6.44. The van der Waals surface area contributed by atoms with Crippen LogP contribution in [0.25, 0.3) is 0 Å². The molecule has 0 aromatic heterocycles. The number of benzene rings is 1. The fraction of sp³-hybridized carbons (Fsp3) is 0.375. The van der Waals surface area contributed by atoms with Crippen LogP contribution in [0.1, 0.15) is 47.9 Å². The predicted octanol–water partition coefficient (Wildman–Crippen LogP) is 2.95. The Hall–Kier alpha value is -1.74. The summed E-state index contributed by atoms with van der Waals surface area (Å²) in [6.07, 6.45) is 2.43. The maximum atomic E-state index is 12.6. The van der Waals surface area contributed by atoms with Crippen molar-refractivity contribution in [3.05, 3.63) is 47.0 Å². The van der Waals surface area contributed by atoms with E-state index >= 15 is 0 Å². The van der Waals surface area contributed by atoms with Crippen molar-refractivity contribution in [1.82, 2.24) is 0 Å². The molecule has 1 aromatic rings. The van der Waals surface area contributed by atoms with E-state index in [9.17, 15) is 9.59 Å². The Morgan fingerprint density at radius 3 is 2.32 bits per heavy atom. The Bertz CT molecular complexity index is 625. The zero-order chi connectivity index (χ0) is 13.8. The normalized spacial score (nSPS) is 31.5. The molecule has 1 saturated heterocycles. The van der Waals surface area contributed by atoms with Crippen molar-refractivity contribution in [3.63, 3.8) is 0 Å². The van der Waals surface area contributed by atoms with E-state index in [-0.39, 0.29) is 11.6 Å². The van der Waals surface area contributed by atoms with Crippen LogP contribution in [0.5, 0.6) is 0 Å². The van der Waals surface area contributed by atoms with Gasteiger partial charge in [-0.3, -0.25) is 9.59 Å². The van der Waals surface area contributed by atoms with E-state index in [1.54, 1.807) is 31.2 Å². The van der Waals surface area contributed by atoms with Gasteiger partial charge in [-0.25, -0.2) is 0 Å². The first kappa shape index (κ1) is 12.3. The van der Waals surface area contributed by atoms with Crippen molar-refractivity contribution >= 4 is 11.6 Å². The third kappa shape index (κ3) is 1.42. The monoisotopic (exact) mass is 256 g/mol. The van der Waals surface area contributed by atoms with Crippen molar-refractivity contribution in [2.75, 3.05) is 0 Å². The van der Waals surface area contributed by atoms with Gasteiger partial charge in [0.05, 0.1) is 0 Å². The van der Waals surface area contributed by atoms with Gasteiger partial charge in [-0.2, -0.15) is 0 Å². The number of carbonyl (C=O) groups excluding carboxylic acids is 2. The van der Waals surface area contributed by atoms with Crippen LogP contribution in [-0.2, 0) is 4.74 Å². The van der Waals surface area contributed by atoms with Crippen LogP contribution in [-0.4, -0.2) is 22.8 Å². The van der Waals surface area contributed by atoms with Gasteiger partial charge in [0, 0.05) is 17.5 Å². The first-order chi connectivity index (χ1) is 8.92. The fourth-order valence-electron chi connectivity index (χ4n) is 2.85. The molecule has 0 spiro atoms. The van der Waals surface area contributed by atoms with Crippen molar-refractivity contribution < 1.29 is 14.3 Å². The molecule has 0 bridgehead atoms. The summed E-state index contributed by atoms with van der Waals surface area (Å²) in [5, 5.41) is 0. The predicted molar refractivity (Wildman–Crippen MR) is 71.4 cm³/mol. The van der Waals surface area contributed by atoms with Crippen molar-refractivity contribution in [1.29, 1.82) is 0 Å². The molecule has 98 valence electrons. The van der Waals surface area contributed by atoms with E-state index in [1.165, 1.54) is 0 Å². The number of hydrogen-bond donors (Lipinski definition) is 0. The highest BCUT2D eigenvalue weighted by Crippen LogP contribution is 2.57. The van der Waals surface area contributed by atoms with Gasteiger partial charge in [0.2, 0.25) is 0 Å². The van der Waals surface area contributed by atoms with Crippen molar-refractivity contribution in [2.24, 2.45) is 0 Å². The zero-order valence-corrected chi connectivity index (χ0v) is 11.3. The lowest BCUT2D eigenvalue weighted by Crippen LogP contribution is -2.43. The molecule has 1 aliphatic carbocycles. The molecular weight excluding hydrogens is 240 g/mol. The Kier molecular flexibility index (Phi) is 2.36. The number of rotatable bonds is 2. The number of epoxide rings is 1. The summed E-state index contributed by atoms with van der Waals surface area (Å²) >= 11 is 0. The number of carbonyl (C=O) groups is 2. The van der Waals surface area contributed by atoms with Crippen LogP contribution >= 0.6 is 0 Å². The molecule has 0 radical (unpaired) electrons. The fourth-order valence-corrected chi connectivity index (χ4v) is 2.85. The van der Waals surface area contributed by atoms with Gasteiger partial charge in [0.25, 0.3) is 0 Å². The van der Waals surface area contributed by atoms with Crippen LogP contribution in [0.4, 0.5) is 0 Å². The number of hydrogen-bond acceptors (Lipinski definition) is 3. The molecule has 0 N–H and O–H groups in total. The highest BCUT2D eigenvalue weighted by atomic mass is 16.6. The number of ether oxygens (including phenoxy) is 1. The molecule has 1 fully saturated rings. The summed E-state index contributed by atoms with van der Waals surface area (Å²) in [6.45, 7) is 5.67. The minimum atomic E-state index is -0.982. The molecule has 3 heteroatoms. The quantitative estimate of drug-likeness (QED) is 0.603. The van der Waals surface area contributed by atoms with E-state index in [0.717, 1.165) is 5.57 Å². The summed E-state index contributed by atoms with van der Waals surface area (Å²) in [5.74, 6) is -0.146. The van der Waals surface area contributed by atoms with Crippen LogP contribution < -0.4 is 0 Å². The molecule has 2 atom stereocenters. The molecule has 3 rings (SSSR count).